The SMILES string of the molecule is O=C(Cc1c(Cl)cccc1Cl)Nc1nc(-c2ccc(Cl)cc2)cs1. The number of thiazole rings is 1. The predicted octanol–water partition coefficient (Wildman–Crippen LogP) is 5.95. The Morgan fingerprint density at radius 3 is 2.38 bits per heavy atom. The molecule has 0 aliphatic rings. The molecule has 0 bridgehead atoms. The molecule has 1 heterocycles. The molecule has 24 heavy (non-hydrogen) atoms. The third-order valence-corrected chi connectivity index (χ3v) is 5.01. The lowest BCUT2D eigenvalue weighted by Crippen LogP contribution is -2.14. The number of nitrogens with one attached hydrogen (secondary N) is 1. The Labute approximate surface area is 158 Å². The summed E-state index contributed by atoms with van der Waals surface area (Å²) in [6.07, 6.45) is 0.0916. The van der Waals surface area contributed by atoms with Crippen LogP contribution >= 0.6 is 46.1 Å². The topological polar surface area (TPSA) is 42.0 Å². The van der Waals surface area contributed by atoms with E-state index < -0.39 is 0 Å². The molecule has 0 radical (unpaired) electrons. The number of amides is 1. The lowest BCUT2D eigenvalue weighted by molar-refractivity contribution is -0.115. The molecule has 0 aliphatic carbocycles. The quantitative estimate of drug-likeness (QED) is 0.591. The number of hydrogen-bond acceptors (Lipinski definition) is 3. The van der Waals surface area contributed by atoms with Crippen molar-refractivity contribution in [1.29, 1.82) is 0 Å². The summed E-state index contributed by atoms with van der Waals surface area (Å²) in [5.41, 5.74) is 2.32. The third-order valence-electron chi connectivity index (χ3n) is 3.29. The van der Waals surface area contributed by atoms with Gasteiger partial charge in [-0.3, -0.25) is 4.79 Å². The van der Waals surface area contributed by atoms with Crippen molar-refractivity contribution in [2.75, 3.05) is 5.32 Å². The Hall–Kier alpha value is -1.59. The predicted molar refractivity (Wildman–Crippen MR) is 101 cm³/mol. The van der Waals surface area contributed by atoms with Crippen LogP contribution in [0.15, 0.2) is 47.8 Å². The van der Waals surface area contributed by atoms with Gasteiger partial charge in [0.05, 0.1) is 12.1 Å². The fraction of sp³-hybridized carbons (Fsp3) is 0.0588. The van der Waals surface area contributed by atoms with E-state index in [4.69, 9.17) is 34.8 Å². The zero-order valence-corrected chi connectivity index (χ0v) is 15.3. The van der Waals surface area contributed by atoms with Crippen LogP contribution in [-0.4, -0.2) is 10.9 Å². The van der Waals surface area contributed by atoms with E-state index in [1.54, 1.807) is 30.3 Å². The van der Waals surface area contributed by atoms with Crippen molar-refractivity contribution in [3.8, 4) is 11.3 Å². The van der Waals surface area contributed by atoms with Crippen molar-refractivity contribution in [2.24, 2.45) is 0 Å². The Morgan fingerprint density at radius 2 is 1.71 bits per heavy atom. The molecule has 0 aliphatic heterocycles. The maximum absolute atomic E-state index is 12.2. The molecule has 0 unspecified atom stereocenters. The van der Waals surface area contributed by atoms with Crippen LogP contribution < -0.4 is 5.32 Å². The highest BCUT2D eigenvalue weighted by Crippen LogP contribution is 2.27. The van der Waals surface area contributed by atoms with Crippen LogP contribution in [0, 0.1) is 0 Å². The van der Waals surface area contributed by atoms with Crippen LogP contribution in [0.4, 0.5) is 5.13 Å². The van der Waals surface area contributed by atoms with Crippen molar-refractivity contribution >= 4 is 57.2 Å². The average Bonchev–Trinajstić information content (AvgIpc) is 3.00. The number of nitrogens with zero attached hydrogens (tertiary/aromatic N) is 1. The molecular formula is C17H11Cl3N2OS. The monoisotopic (exact) mass is 396 g/mol. The van der Waals surface area contributed by atoms with Gasteiger partial charge in [0.2, 0.25) is 5.91 Å². The van der Waals surface area contributed by atoms with E-state index in [0.29, 0.717) is 25.8 Å². The van der Waals surface area contributed by atoms with E-state index in [-0.39, 0.29) is 12.3 Å². The van der Waals surface area contributed by atoms with Gasteiger partial charge in [-0.2, -0.15) is 0 Å². The Bertz CT molecular complexity index is 858. The van der Waals surface area contributed by atoms with Crippen molar-refractivity contribution in [1.82, 2.24) is 4.98 Å². The fourth-order valence-corrected chi connectivity index (χ4v) is 3.50. The van der Waals surface area contributed by atoms with Gasteiger partial charge in [-0.05, 0) is 29.8 Å². The van der Waals surface area contributed by atoms with E-state index in [1.807, 2.05) is 17.5 Å². The molecule has 122 valence electrons. The molecule has 1 aromatic heterocycles. The number of rotatable bonds is 4. The van der Waals surface area contributed by atoms with E-state index in [0.717, 1.165) is 11.3 Å². The first-order chi connectivity index (χ1) is 11.5. The van der Waals surface area contributed by atoms with E-state index >= 15 is 0 Å². The zero-order valence-electron chi connectivity index (χ0n) is 12.2. The van der Waals surface area contributed by atoms with Gasteiger partial charge < -0.3 is 5.32 Å². The minimum atomic E-state index is -0.220. The van der Waals surface area contributed by atoms with Gasteiger partial charge in [0, 0.05) is 26.0 Å². The largest absolute Gasteiger partial charge is 0.302 e. The first kappa shape index (κ1) is 17.2. The molecule has 0 atom stereocenters. The molecule has 0 fully saturated rings. The highest BCUT2D eigenvalue weighted by atomic mass is 35.5. The lowest BCUT2D eigenvalue weighted by Gasteiger charge is -2.06. The summed E-state index contributed by atoms with van der Waals surface area (Å²) in [6, 6.07) is 12.5. The van der Waals surface area contributed by atoms with Gasteiger partial charge in [0.15, 0.2) is 5.13 Å². The maximum atomic E-state index is 12.2. The van der Waals surface area contributed by atoms with Gasteiger partial charge >= 0.3 is 0 Å². The Morgan fingerprint density at radius 1 is 1.04 bits per heavy atom. The smallest absolute Gasteiger partial charge is 0.230 e. The summed E-state index contributed by atoms with van der Waals surface area (Å²) in [4.78, 5) is 16.6. The lowest BCUT2D eigenvalue weighted by atomic mass is 10.1. The second-order valence-electron chi connectivity index (χ2n) is 4.97. The summed E-state index contributed by atoms with van der Waals surface area (Å²) in [5, 5.41) is 6.78. The highest BCUT2D eigenvalue weighted by molar-refractivity contribution is 7.14. The molecular weight excluding hydrogens is 387 g/mol. The number of halogens is 3. The minimum Gasteiger partial charge on any atom is -0.302 e. The number of carbonyl (C=O) groups is 1. The number of carbonyl (C=O) groups excluding carboxylic acids is 1. The minimum absolute atomic E-state index is 0.0916. The molecule has 1 N–H and O–H groups in total. The van der Waals surface area contributed by atoms with Crippen LogP contribution in [0.5, 0.6) is 0 Å². The third kappa shape index (κ3) is 4.08. The van der Waals surface area contributed by atoms with Gasteiger partial charge in [-0.1, -0.05) is 53.0 Å². The molecule has 1 amide bonds. The molecule has 0 saturated heterocycles. The Balaban J connectivity index is 1.70. The number of anilines is 1. The Kier molecular flexibility index (Phi) is 5.41. The number of aromatic nitrogens is 1. The second-order valence-corrected chi connectivity index (χ2v) is 7.08. The first-order valence-corrected chi connectivity index (χ1v) is 8.98. The van der Waals surface area contributed by atoms with E-state index in [1.165, 1.54) is 11.3 Å². The normalized spacial score (nSPS) is 10.6. The van der Waals surface area contributed by atoms with Crippen molar-refractivity contribution in [3.63, 3.8) is 0 Å². The fourth-order valence-electron chi connectivity index (χ4n) is 2.11. The standard InChI is InChI=1S/C17H11Cl3N2OS/c18-11-6-4-10(5-7-11)15-9-24-17(21-15)22-16(23)8-12-13(19)2-1-3-14(12)20/h1-7,9H,8H2,(H,21,22,23). The van der Waals surface area contributed by atoms with E-state index in [9.17, 15) is 4.79 Å². The second kappa shape index (κ2) is 7.53. The summed E-state index contributed by atoms with van der Waals surface area (Å²) in [5.74, 6) is -0.220. The van der Waals surface area contributed by atoms with Crippen LogP contribution in [0.3, 0.4) is 0 Å². The molecule has 0 spiro atoms. The molecule has 3 aromatic rings. The van der Waals surface area contributed by atoms with Gasteiger partial charge in [-0.25, -0.2) is 4.98 Å². The molecule has 3 nitrogen and oxygen atoms in total. The van der Waals surface area contributed by atoms with Crippen molar-refractivity contribution < 1.29 is 4.79 Å². The molecule has 0 saturated carbocycles. The van der Waals surface area contributed by atoms with Crippen molar-refractivity contribution in [2.45, 2.75) is 6.42 Å². The van der Waals surface area contributed by atoms with E-state index in [2.05, 4.69) is 10.3 Å². The number of benzene rings is 2. The zero-order chi connectivity index (χ0) is 17.1. The van der Waals surface area contributed by atoms with Crippen LogP contribution in [0.25, 0.3) is 11.3 Å². The first-order valence-electron chi connectivity index (χ1n) is 6.97. The van der Waals surface area contributed by atoms with Gasteiger partial charge in [0.1, 0.15) is 0 Å². The van der Waals surface area contributed by atoms with Gasteiger partial charge in [0.25, 0.3) is 0 Å². The van der Waals surface area contributed by atoms with Crippen LogP contribution in [0.2, 0.25) is 15.1 Å². The summed E-state index contributed by atoms with van der Waals surface area (Å²) >= 11 is 19.4. The average molecular weight is 398 g/mol. The summed E-state index contributed by atoms with van der Waals surface area (Å²) in [6.45, 7) is 0. The maximum Gasteiger partial charge on any atom is 0.230 e. The van der Waals surface area contributed by atoms with Gasteiger partial charge in [-0.15, -0.1) is 11.3 Å². The summed E-state index contributed by atoms with van der Waals surface area (Å²) < 4.78 is 0. The van der Waals surface area contributed by atoms with Crippen LogP contribution in [0.1, 0.15) is 5.56 Å². The molecule has 2 aromatic carbocycles. The van der Waals surface area contributed by atoms with Crippen LogP contribution in [-0.2, 0) is 11.2 Å². The molecule has 3 rings (SSSR count). The summed E-state index contributed by atoms with van der Waals surface area (Å²) in [7, 11) is 0. The van der Waals surface area contributed by atoms with Crippen molar-refractivity contribution in [3.05, 3.63) is 68.5 Å². The molecule has 7 heteroatoms. The highest BCUT2D eigenvalue weighted by Gasteiger charge is 2.13. The number of hydrogen-bond donors (Lipinski definition) is 1.